The summed E-state index contributed by atoms with van der Waals surface area (Å²) in [6, 6.07) is 4.35. The van der Waals surface area contributed by atoms with Crippen molar-refractivity contribution in [3.63, 3.8) is 0 Å². The van der Waals surface area contributed by atoms with E-state index in [1.54, 1.807) is 6.07 Å². The second kappa shape index (κ2) is 7.22. The van der Waals surface area contributed by atoms with Gasteiger partial charge in [-0.1, -0.05) is 48.7 Å². The smallest absolute Gasteiger partial charge is 0.124 e. The normalized spacial score (nSPS) is 14.8. The monoisotopic (exact) mass is 318 g/mol. The molecule has 0 saturated heterocycles. The number of benzene rings is 1. The Bertz CT molecular complexity index is 380. The highest BCUT2D eigenvalue weighted by Gasteiger charge is 2.24. The molecule has 2 atom stereocenters. The van der Waals surface area contributed by atoms with Crippen LogP contribution in [0.25, 0.3) is 0 Å². The van der Waals surface area contributed by atoms with Gasteiger partial charge in [0.25, 0.3) is 0 Å². The van der Waals surface area contributed by atoms with E-state index in [1.807, 2.05) is 13.8 Å². The number of hydrogen-bond donors (Lipinski definition) is 2. The van der Waals surface area contributed by atoms with E-state index in [1.165, 1.54) is 12.1 Å². The first kappa shape index (κ1) is 15.6. The summed E-state index contributed by atoms with van der Waals surface area (Å²) < 4.78 is 13.6. The SMILES string of the molecule is CCC(CC)C(O)C(O)Cc1ccc(F)cc1Br. The lowest BCUT2D eigenvalue weighted by molar-refractivity contribution is -0.0188. The van der Waals surface area contributed by atoms with Crippen molar-refractivity contribution < 1.29 is 14.6 Å². The maximum absolute atomic E-state index is 12.9. The first-order valence-corrected chi connectivity index (χ1v) is 7.08. The fourth-order valence-corrected chi connectivity index (χ4v) is 2.63. The summed E-state index contributed by atoms with van der Waals surface area (Å²) in [4.78, 5) is 0. The van der Waals surface area contributed by atoms with Gasteiger partial charge in [0.2, 0.25) is 0 Å². The minimum atomic E-state index is -0.823. The zero-order valence-electron chi connectivity index (χ0n) is 10.7. The summed E-state index contributed by atoms with van der Waals surface area (Å²) >= 11 is 3.26. The minimum Gasteiger partial charge on any atom is -0.390 e. The number of hydrogen-bond acceptors (Lipinski definition) is 2. The third-order valence-corrected chi connectivity index (χ3v) is 4.11. The van der Waals surface area contributed by atoms with E-state index in [4.69, 9.17) is 0 Å². The van der Waals surface area contributed by atoms with Crippen LogP contribution in [0, 0.1) is 11.7 Å². The van der Waals surface area contributed by atoms with Gasteiger partial charge in [-0.15, -0.1) is 0 Å². The van der Waals surface area contributed by atoms with E-state index in [2.05, 4.69) is 15.9 Å². The first-order chi connectivity index (χ1) is 8.49. The second-order valence-electron chi connectivity index (χ2n) is 4.57. The van der Waals surface area contributed by atoms with E-state index >= 15 is 0 Å². The molecule has 0 spiro atoms. The molecule has 2 unspecified atom stereocenters. The van der Waals surface area contributed by atoms with Crippen LogP contribution in [0.4, 0.5) is 4.39 Å². The highest BCUT2D eigenvalue weighted by molar-refractivity contribution is 9.10. The van der Waals surface area contributed by atoms with Gasteiger partial charge in [-0.2, -0.15) is 0 Å². The Kier molecular flexibility index (Phi) is 6.26. The predicted octanol–water partition coefficient (Wildman–Crippen LogP) is 3.29. The molecule has 0 bridgehead atoms. The number of halogens is 2. The summed E-state index contributed by atoms with van der Waals surface area (Å²) in [5.41, 5.74) is 0.800. The average molecular weight is 319 g/mol. The van der Waals surface area contributed by atoms with Crippen molar-refractivity contribution in [1.82, 2.24) is 0 Å². The molecule has 1 aromatic rings. The summed E-state index contributed by atoms with van der Waals surface area (Å²) in [5, 5.41) is 20.1. The molecule has 102 valence electrons. The van der Waals surface area contributed by atoms with Gasteiger partial charge in [-0.05, 0) is 23.6 Å². The molecule has 0 radical (unpaired) electrons. The van der Waals surface area contributed by atoms with Crippen LogP contribution in [0.3, 0.4) is 0 Å². The van der Waals surface area contributed by atoms with Crippen molar-refractivity contribution in [2.45, 2.75) is 45.3 Å². The Morgan fingerprint density at radius 2 is 1.83 bits per heavy atom. The lowest BCUT2D eigenvalue weighted by Crippen LogP contribution is -2.34. The molecule has 2 N–H and O–H groups in total. The van der Waals surface area contributed by atoms with E-state index in [-0.39, 0.29) is 11.7 Å². The maximum Gasteiger partial charge on any atom is 0.124 e. The molecule has 0 aliphatic carbocycles. The van der Waals surface area contributed by atoms with Gasteiger partial charge in [0.05, 0.1) is 12.2 Å². The number of aliphatic hydroxyl groups is 2. The van der Waals surface area contributed by atoms with Gasteiger partial charge < -0.3 is 10.2 Å². The average Bonchev–Trinajstić information content (AvgIpc) is 2.34. The zero-order valence-corrected chi connectivity index (χ0v) is 12.3. The Hall–Kier alpha value is -0.450. The third-order valence-electron chi connectivity index (χ3n) is 3.37. The van der Waals surface area contributed by atoms with Crippen molar-refractivity contribution >= 4 is 15.9 Å². The highest BCUT2D eigenvalue weighted by Crippen LogP contribution is 2.23. The van der Waals surface area contributed by atoms with Crippen molar-refractivity contribution in [2.24, 2.45) is 5.92 Å². The minimum absolute atomic E-state index is 0.0965. The molecule has 1 rings (SSSR count). The van der Waals surface area contributed by atoms with Crippen LogP contribution >= 0.6 is 15.9 Å². The highest BCUT2D eigenvalue weighted by atomic mass is 79.9. The van der Waals surface area contributed by atoms with Crippen LogP contribution in [0.5, 0.6) is 0 Å². The molecule has 0 fully saturated rings. The van der Waals surface area contributed by atoms with E-state index in [0.29, 0.717) is 10.9 Å². The molecule has 0 aromatic heterocycles. The van der Waals surface area contributed by atoms with Crippen LogP contribution in [0.1, 0.15) is 32.3 Å². The van der Waals surface area contributed by atoms with Gasteiger partial charge >= 0.3 is 0 Å². The summed E-state index contributed by atoms with van der Waals surface area (Å²) in [7, 11) is 0. The topological polar surface area (TPSA) is 40.5 Å². The molecular weight excluding hydrogens is 299 g/mol. The Morgan fingerprint density at radius 3 is 2.33 bits per heavy atom. The quantitative estimate of drug-likeness (QED) is 0.845. The molecule has 0 aliphatic rings. The molecular formula is C14H20BrFO2. The maximum atomic E-state index is 12.9. The van der Waals surface area contributed by atoms with Crippen molar-refractivity contribution in [2.75, 3.05) is 0 Å². The Balaban J connectivity index is 2.71. The fraction of sp³-hybridized carbons (Fsp3) is 0.571. The summed E-state index contributed by atoms with van der Waals surface area (Å²) in [5.74, 6) is -0.222. The van der Waals surface area contributed by atoms with E-state index < -0.39 is 12.2 Å². The first-order valence-electron chi connectivity index (χ1n) is 6.29. The molecule has 0 amide bonds. The Morgan fingerprint density at radius 1 is 1.22 bits per heavy atom. The molecule has 0 saturated carbocycles. The molecule has 18 heavy (non-hydrogen) atoms. The number of rotatable bonds is 6. The predicted molar refractivity (Wildman–Crippen MR) is 73.9 cm³/mol. The van der Waals surface area contributed by atoms with Gasteiger partial charge in [0.15, 0.2) is 0 Å². The Labute approximate surface area is 116 Å². The van der Waals surface area contributed by atoms with Crippen LogP contribution in [0.2, 0.25) is 0 Å². The third kappa shape index (κ3) is 4.04. The van der Waals surface area contributed by atoms with Crippen LogP contribution in [-0.2, 0) is 6.42 Å². The summed E-state index contributed by atoms with van der Waals surface area (Å²) in [6.45, 7) is 4.00. The molecule has 1 aromatic carbocycles. The summed E-state index contributed by atoms with van der Waals surface area (Å²) in [6.07, 6.45) is 0.422. The molecule has 0 aliphatic heterocycles. The van der Waals surface area contributed by atoms with Gasteiger partial charge in [-0.25, -0.2) is 4.39 Å². The van der Waals surface area contributed by atoms with Crippen LogP contribution < -0.4 is 0 Å². The van der Waals surface area contributed by atoms with Crippen molar-refractivity contribution in [3.05, 3.63) is 34.1 Å². The van der Waals surface area contributed by atoms with Gasteiger partial charge in [0.1, 0.15) is 5.82 Å². The molecule has 4 heteroatoms. The molecule has 0 heterocycles. The van der Waals surface area contributed by atoms with Gasteiger partial charge in [0, 0.05) is 10.9 Å². The van der Waals surface area contributed by atoms with E-state index in [9.17, 15) is 14.6 Å². The molecule has 2 nitrogen and oxygen atoms in total. The lowest BCUT2D eigenvalue weighted by Gasteiger charge is -2.25. The van der Waals surface area contributed by atoms with Crippen molar-refractivity contribution in [1.29, 1.82) is 0 Å². The van der Waals surface area contributed by atoms with E-state index in [0.717, 1.165) is 18.4 Å². The fourth-order valence-electron chi connectivity index (χ4n) is 2.12. The van der Waals surface area contributed by atoms with Crippen LogP contribution in [-0.4, -0.2) is 22.4 Å². The largest absolute Gasteiger partial charge is 0.390 e. The zero-order chi connectivity index (χ0) is 13.7. The standard InChI is InChI=1S/C14H20BrFO2/c1-3-9(4-2)14(18)13(17)7-10-5-6-11(16)8-12(10)15/h5-6,8-9,13-14,17-18H,3-4,7H2,1-2H3. The van der Waals surface area contributed by atoms with Crippen molar-refractivity contribution in [3.8, 4) is 0 Å². The lowest BCUT2D eigenvalue weighted by atomic mass is 9.90. The van der Waals surface area contributed by atoms with Crippen LogP contribution in [0.15, 0.2) is 22.7 Å². The number of aliphatic hydroxyl groups excluding tert-OH is 2. The van der Waals surface area contributed by atoms with Gasteiger partial charge in [-0.3, -0.25) is 0 Å². The second-order valence-corrected chi connectivity index (χ2v) is 5.43.